The van der Waals surface area contributed by atoms with Gasteiger partial charge in [-0.15, -0.1) is 0 Å². The molecule has 1 aromatic rings. The molecule has 0 aliphatic rings. The zero-order chi connectivity index (χ0) is 13.8. The summed E-state index contributed by atoms with van der Waals surface area (Å²) in [5.41, 5.74) is 0. The van der Waals surface area contributed by atoms with Crippen molar-refractivity contribution in [1.82, 2.24) is 10.0 Å². The van der Waals surface area contributed by atoms with E-state index in [1.54, 1.807) is 0 Å². The van der Waals surface area contributed by atoms with Crippen LogP contribution in [0.2, 0.25) is 0 Å². The minimum Gasteiger partial charge on any atom is -0.496 e. The number of likely N-dealkylation sites (N-methyl/N-ethyl adjacent to an activating group) is 1. The lowest BCUT2D eigenvalue weighted by Gasteiger charge is -2.08. The number of hydrogen-bond acceptors (Lipinski definition) is 4. The Hall–Kier alpha value is -1.12. The van der Waals surface area contributed by atoms with Crippen molar-refractivity contribution in [2.24, 2.45) is 0 Å². The second-order valence-corrected chi connectivity index (χ2v) is 5.92. The minimum absolute atomic E-state index is 0.0547. The predicted octanol–water partition coefficient (Wildman–Crippen LogP) is 0.482. The Morgan fingerprint density at radius 1 is 1.44 bits per heavy atom. The first-order valence-corrected chi connectivity index (χ1v) is 7.22. The molecule has 1 amide bonds. The Labute approximate surface area is 114 Å². The van der Waals surface area contributed by atoms with Gasteiger partial charge in [0, 0.05) is 7.05 Å². The standard InChI is InChI=1S/C10H13BrN2O4S/c1-12-10(14)6-13-18(15,16)7-3-4-9(17-2)8(11)5-7/h3-5,13H,6H2,1-2H3,(H,12,14). The molecule has 0 atom stereocenters. The fourth-order valence-corrected chi connectivity index (χ4v) is 2.85. The zero-order valence-electron chi connectivity index (χ0n) is 9.86. The van der Waals surface area contributed by atoms with Crippen LogP contribution < -0.4 is 14.8 Å². The molecule has 100 valence electrons. The Morgan fingerprint density at radius 3 is 2.61 bits per heavy atom. The number of sulfonamides is 1. The van der Waals surface area contributed by atoms with Gasteiger partial charge in [0.1, 0.15) is 5.75 Å². The van der Waals surface area contributed by atoms with Crippen LogP contribution in [-0.2, 0) is 14.8 Å². The molecule has 0 aliphatic carbocycles. The quantitative estimate of drug-likeness (QED) is 0.819. The van der Waals surface area contributed by atoms with Crippen molar-refractivity contribution in [2.75, 3.05) is 20.7 Å². The van der Waals surface area contributed by atoms with Gasteiger partial charge in [-0.25, -0.2) is 13.1 Å². The largest absolute Gasteiger partial charge is 0.496 e. The fourth-order valence-electron chi connectivity index (χ4n) is 1.15. The summed E-state index contributed by atoms with van der Waals surface area (Å²) in [4.78, 5) is 11.0. The van der Waals surface area contributed by atoms with Gasteiger partial charge in [0.15, 0.2) is 0 Å². The zero-order valence-corrected chi connectivity index (χ0v) is 12.3. The molecule has 0 saturated heterocycles. The fraction of sp³-hybridized carbons (Fsp3) is 0.300. The average Bonchev–Trinajstić information content (AvgIpc) is 2.35. The van der Waals surface area contributed by atoms with Crippen LogP contribution in [0.15, 0.2) is 27.6 Å². The molecule has 0 aliphatic heterocycles. The highest BCUT2D eigenvalue weighted by atomic mass is 79.9. The molecule has 18 heavy (non-hydrogen) atoms. The number of ether oxygens (including phenoxy) is 1. The lowest BCUT2D eigenvalue weighted by atomic mass is 10.3. The second kappa shape index (κ2) is 6.17. The van der Waals surface area contributed by atoms with Gasteiger partial charge in [-0.2, -0.15) is 0 Å². The minimum atomic E-state index is -3.71. The van der Waals surface area contributed by atoms with Crippen molar-refractivity contribution in [2.45, 2.75) is 4.90 Å². The monoisotopic (exact) mass is 336 g/mol. The van der Waals surface area contributed by atoms with Crippen molar-refractivity contribution < 1.29 is 17.9 Å². The molecular weight excluding hydrogens is 324 g/mol. The highest BCUT2D eigenvalue weighted by molar-refractivity contribution is 9.10. The molecule has 0 bridgehead atoms. The van der Waals surface area contributed by atoms with E-state index < -0.39 is 15.9 Å². The predicted molar refractivity (Wildman–Crippen MR) is 69.9 cm³/mol. The van der Waals surface area contributed by atoms with Gasteiger partial charge < -0.3 is 10.1 Å². The Morgan fingerprint density at radius 2 is 2.11 bits per heavy atom. The second-order valence-electron chi connectivity index (χ2n) is 3.29. The van der Waals surface area contributed by atoms with Crippen LogP contribution >= 0.6 is 15.9 Å². The van der Waals surface area contributed by atoms with Crippen molar-refractivity contribution in [3.8, 4) is 5.75 Å². The summed E-state index contributed by atoms with van der Waals surface area (Å²) in [7, 11) is -0.794. The number of benzene rings is 1. The van der Waals surface area contributed by atoms with Crippen molar-refractivity contribution in [3.63, 3.8) is 0 Å². The molecule has 1 rings (SSSR count). The molecule has 0 fully saturated rings. The normalized spacial score (nSPS) is 11.1. The summed E-state index contributed by atoms with van der Waals surface area (Å²) in [6.07, 6.45) is 0. The first-order valence-electron chi connectivity index (χ1n) is 4.94. The highest BCUT2D eigenvalue weighted by Gasteiger charge is 2.16. The van der Waals surface area contributed by atoms with Crippen LogP contribution in [0.5, 0.6) is 5.75 Å². The number of hydrogen-bond donors (Lipinski definition) is 2. The summed E-state index contributed by atoms with van der Waals surface area (Å²) < 4.78 is 31.4. The number of halogens is 1. The summed E-state index contributed by atoms with van der Waals surface area (Å²) >= 11 is 3.20. The maximum Gasteiger partial charge on any atom is 0.241 e. The van der Waals surface area contributed by atoms with Crippen molar-refractivity contribution in [3.05, 3.63) is 22.7 Å². The molecule has 0 radical (unpaired) electrons. The first kappa shape index (κ1) is 14.9. The van der Waals surface area contributed by atoms with E-state index in [1.165, 1.54) is 32.4 Å². The number of carbonyl (C=O) groups is 1. The average molecular weight is 337 g/mol. The van der Waals surface area contributed by atoms with Crippen LogP contribution in [0.25, 0.3) is 0 Å². The van der Waals surface area contributed by atoms with E-state index in [2.05, 4.69) is 26.0 Å². The SMILES string of the molecule is CNC(=O)CNS(=O)(=O)c1ccc(OC)c(Br)c1. The van der Waals surface area contributed by atoms with Crippen LogP contribution in [0, 0.1) is 0 Å². The summed E-state index contributed by atoms with van der Waals surface area (Å²) in [5, 5.41) is 2.32. The summed E-state index contributed by atoms with van der Waals surface area (Å²) in [5.74, 6) is 0.117. The van der Waals surface area contributed by atoms with Crippen LogP contribution in [0.1, 0.15) is 0 Å². The third-order valence-corrected chi connectivity index (χ3v) is 4.15. The van der Waals surface area contributed by atoms with Crippen molar-refractivity contribution in [1.29, 1.82) is 0 Å². The Balaban J connectivity index is 2.92. The molecule has 2 N–H and O–H groups in total. The molecule has 0 unspecified atom stereocenters. The molecule has 8 heteroatoms. The smallest absolute Gasteiger partial charge is 0.241 e. The molecule has 0 spiro atoms. The molecular formula is C10H13BrN2O4S. The van der Waals surface area contributed by atoms with E-state index in [-0.39, 0.29) is 11.4 Å². The third kappa shape index (κ3) is 3.69. The lowest BCUT2D eigenvalue weighted by molar-refractivity contribution is -0.119. The maximum absolute atomic E-state index is 11.9. The van der Waals surface area contributed by atoms with E-state index >= 15 is 0 Å². The van der Waals surface area contributed by atoms with E-state index in [0.29, 0.717) is 10.2 Å². The van der Waals surface area contributed by atoms with Gasteiger partial charge >= 0.3 is 0 Å². The summed E-state index contributed by atoms with van der Waals surface area (Å²) in [6, 6.07) is 4.33. The lowest BCUT2D eigenvalue weighted by Crippen LogP contribution is -2.35. The summed E-state index contributed by atoms with van der Waals surface area (Å²) in [6.45, 7) is -0.303. The number of amides is 1. The Bertz CT molecular complexity index is 545. The molecule has 1 aromatic carbocycles. The molecule has 0 aromatic heterocycles. The van der Waals surface area contributed by atoms with Gasteiger partial charge in [-0.1, -0.05) is 0 Å². The molecule has 0 saturated carbocycles. The maximum atomic E-state index is 11.9. The van der Waals surface area contributed by atoms with E-state index in [4.69, 9.17) is 4.74 Å². The molecule has 6 nitrogen and oxygen atoms in total. The van der Waals surface area contributed by atoms with Crippen LogP contribution in [0.3, 0.4) is 0 Å². The van der Waals surface area contributed by atoms with Crippen molar-refractivity contribution >= 4 is 31.9 Å². The van der Waals surface area contributed by atoms with E-state index in [0.717, 1.165) is 0 Å². The number of methoxy groups -OCH3 is 1. The number of rotatable bonds is 5. The van der Waals surface area contributed by atoms with Gasteiger partial charge in [-0.05, 0) is 34.1 Å². The molecule has 0 heterocycles. The van der Waals surface area contributed by atoms with E-state index in [1.807, 2.05) is 0 Å². The van der Waals surface area contributed by atoms with Gasteiger partial charge in [0.05, 0.1) is 23.0 Å². The van der Waals surface area contributed by atoms with Crippen LogP contribution in [0.4, 0.5) is 0 Å². The topological polar surface area (TPSA) is 84.5 Å². The van der Waals surface area contributed by atoms with Gasteiger partial charge in [0.2, 0.25) is 15.9 Å². The van der Waals surface area contributed by atoms with Gasteiger partial charge in [0.25, 0.3) is 0 Å². The van der Waals surface area contributed by atoms with E-state index in [9.17, 15) is 13.2 Å². The van der Waals surface area contributed by atoms with Crippen LogP contribution in [-0.4, -0.2) is 35.0 Å². The van der Waals surface area contributed by atoms with Gasteiger partial charge in [-0.3, -0.25) is 4.79 Å². The Kier molecular flexibility index (Phi) is 5.12. The third-order valence-electron chi connectivity index (χ3n) is 2.14. The number of carbonyl (C=O) groups excluding carboxylic acids is 1. The number of nitrogens with one attached hydrogen (secondary N) is 2. The highest BCUT2D eigenvalue weighted by Crippen LogP contribution is 2.27. The first-order chi connectivity index (χ1) is 8.40.